The van der Waals surface area contributed by atoms with Crippen molar-refractivity contribution in [3.05, 3.63) is 12.3 Å². The molecule has 2 rings (SSSR count). The largest absolute Gasteiger partial charge is 0.444 e. The molecule has 1 unspecified atom stereocenters. The molecule has 1 aliphatic rings. The minimum Gasteiger partial charge on any atom is -0.444 e. The zero-order valence-electron chi connectivity index (χ0n) is 15.5. The maximum Gasteiger partial charge on any atom is 0.410 e. The molecule has 1 fully saturated rings. The maximum absolute atomic E-state index is 12.4. The highest BCUT2D eigenvalue weighted by Crippen LogP contribution is 2.35. The van der Waals surface area contributed by atoms with Crippen LogP contribution in [-0.4, -0.2) is 46.9 Å². The van der Waals surface area contributed by atoms with Gasteiger partial charge in [0.25, 0.3) is 10.0 Å². The van der Waals surface area contributed by atoms with E-state index in [0.29, 0.717) is 19.0 Å². The summed E-state index contributed by atoms with van der Waals surface area (Å²) in [5.41, 5.74) is -0.798. The summed E-state index contributed by atoms with van der Waals surface area (Å²) >= 11 is 0. The van der Waals surface area contributed by atoms with Crippen LogP contribution < -0.4 is 5.14 Å². The topological polar surface area (TPSA) is 108 Å². The quantitative estimate of drug-likeness (QED) is 0.869. The lowest BCUT2D eigenvalue weighted by Gasteiger charge is -2.33. The zero-order valence-corrected chi connectivity index (χ0v) is 16.3. The lowest BCUT2D eigenvalue weighted by atomic mass is 9.94. The number of aryl methyl sites for hydroxylation is 1. The van der Waals surface area contributed by atoms with Crippen molar-refractivity contribution in [3.8, 4) is 0 Å². The van der Waals surface area contributed by atoms with Crippen molar-refractivity contribution < 1.29 is 17.9 Å². The van der Waals surface area contributed by atoms with Gasteiger partial charge in [-0.2, -0.15) is 5.10 Å². The second-order valence-corrected chi connectivity index (χ2v) is 9.73. The molecule has 0 radical (unpaired) electrons. The number of nitrogens with zero attached hydrogens (tertiary/aromatic N) is 3. The van der Waals surface area contributed by atoms with Crippen LogP contribution in [0.3, 0.4) is 0 Å². The van der Waals surface area contributed by atoms with Crippen LogP contribution in [0.1, 0.15) is 47.5 Å². The highest BCUT2D eigenvalue weighted by Gasteiger charge is 2.42. The number of primary sulfonamides is 1. The van der Waals surface area contributed by atoms with Crippen LogP contribution in [0.2, 0.25) is 0 Å². The van der Waals surface area contributed by atoms with E-state index in [2.05, 4.69) is 5.10 Å². The van der Waals surface area contributed by atoms with Gasteiger partial charge in [-0.1, -0.05) is 0 Å². The van der Waals surface area contributed by atoms with E-state index >= 15 is 0 Å². The molecule has 1 saturated heterocycles. The summed E-state index contributed by atoms with van der Waals surface area (Å²) in [6, 6.07) is 1.39. The molecule has 1 amide bonds. The number of carbonyl (C=O) groups is 1. The van der Waals surface area contributed by atoms with E-state index in [1.54, 1.807) is 15.8 Å². The highest BCUT2D eigenvalue weighted by molar-refractivity contribution is 7.89. The number of aromatic nitrogens is 2. The number of hydrogen-bond acceptors (Lipinski definition) is 5. The SMILES string of the molecule is CC(C)(C)OC(=O)N1CC(CCn2ccc(S(N)(=O)=O)n2)CC1(C)C. The molecule has 2 N–H and O–H groups in total. The number of carbonyl (C=O) groups excluding carboxylic acids is 1. The fourth-order valence-corrected chi connectivity index (χ4v) is 3.62. The Morgan fingerprint density at radius 1 is 1.44 bits per heavy atom. The lowest BCUT2D eigenvalue weighted by molar-refractivity contribution is 0.0130. The van der Waals surface area contributed by atoms with Gasteiger partial charge in [-0.25, -0.2) is 18.4 Å². The molecule has 25 heavy (non-hydrogen) atoms. The van der Waals surface area contributed by atoms with Gasteiger partial charge in [0.15, 0.2) is 5.03 Å². The van der Waals surface area contributed by atoms with Gasteiger partial charge in [0.1, 0.15) is 5.60 Å². The van der Waals surface area contributed by atoms with Crippen LogP contribution in [-0.2, 0) is 21.3 Å². The summed E-state index contributed by atoms with van der Waals surface area (Å²) in [5, 5.41) is 8.91. The predicted molar refractivity (Wildman–Crippen MR) is 93.3 cm³/mol. The third-order valence-electron chi connectivity index (χ3n) is 4.25. The Morgan fingerprint density at radius 3 is 2.60 bits per heavy atom. The molecule has 1 aromatic rings. The van der Waals surface area contributed by atoms with Crippen molar-refractivity contribution in [1.82, 2.24) is 14.7 Å². The zero-order chi connectivity index (χ0) is 19.0. The Morgan fingerprint density at radius 2 is 2.08 bits per heavy atom. The van der Waals surface area contributed by atoms with E-state index in [1.807, 2.05) is 34.6 Å². The first-order chi connectivity index (χ1) is 11.3. The first kappa shape index (κ1) is 19.7. The Labute approximate surface area is 149 Å². The van der Waals surface area contributed by atoms with Crippen LogP contribution in [0.25, 0.3) is 0 Å². The minimum absolute atomic E-state index is 0.130. The molecule has 1 atom stereocenters. The Kier molecular flexibility index (Phi) is 5.21. The van der Waals surface area contributed by atoms with Crippen LogP contribution in [0.15, 0.2) is 17.3 Å². The van der Waals surface area contributed by atoms with Crippen LogP contribution in [0, 0.1) is 5.92 Å². The average Bonchev–Trinajstić information content (AvgIpc) is 2.97. The van der Waals surface area contributed by atoms with Crippen molar-refractivity contribution in [3.63, 3.8) is 0 Å². The van der Waals surface area contributed by atoms with Gasteiger partial charge in [-0.3, -0.25) is 4.68 Å². The van der Waals surface area contributed by atoms with Gasteiger partial charge in [-0.05, 0) is 59.4 Å². The molecule has 8 nitrogen and oxygen atoms in total. The van der Waals surface area contributed by atoms with Crippen LogP contribution in [0.4, 0.5) is 4.79 Å². The summed E-state index contributed by atoms with van der Waals surface area (Å²) in [6.07, 6.45) is 2.95. The summed E-state index contributed by atoms with van der Waals surface area (Å²) in [5.74, 6) is 0.296. The monoisotopic (exact) mass is 372 g/mol. The smallest absolute Gasteiger partial charge is 0.410 e. The molecule has 142 valence electrons. The molecule has 0 saturated carbocycles. The molecular weight excluding hydrogens is 344 g/mol. The number of rotatable bonds is 4. The van der Waals surface area contributed by atoms with Crippen molar-refractivity contribution in [2.45, 2.75) is 70.2 Å². The van der Waals surface area contributed by atoms with E-state index in [0.717, 1.165) is 12.8 Å². The van der Waals surface area contributed by atoms with E-state index in [-0.39, 0.29) is 16.7 Å². The van der Waals surface area contributed by atoms with Crippen molar-refractivity contribution in [2.24, 2.45) is 11.1 Å². The average molecular weight is 372 g/mol. The van der Waals surface area contributed by atoms with Crippen molar-refractivity contribution in [2.75, 3.05) is 6.54 Å². The number of ether oxygens (including phenoxy) is 1. The second-order valence-electron chi connectivity index (χ2n) is 8.22. The number of likely N-dealkylation sites (tertiary alicyclic amines) is 1. The molecular formula is C16H28N4O4S. The first-order valence-corrected chi connectivity index (χ1v) is 9.89. The van der Waals surface area contributed by atoms with E-state index in [4.69, 9.17) is 9.88 Å². The summed E-state index contributed by atoms with van der Waals surface area (Å²) in [6.45, 7) is 10.8. The van der Waals surface area contributed by atoms with Gasteiger partial charge in [0.2, 0.25) is 0 Å². The molecule has 9 heteroatoms. The first-order valence-electron chi connectivity index (χ1n) is 8.35. The minimum atomic E-state index is -3.78. The third kappa shape index (κ3) is 5.18. The molecule has 0 bridgehead atoms. The molecule has 2 heterocycles. The molecule has 0 aliphatic carbocycles. The van der Waals surface area contributed by atoms with Gasteiger partial charge in [0.05, 0.1) is 0 Å². The lowest BCUT2D eigenvalue weighted by Crippen LogP contribution is -2.45. The molecule has 0 aromatic carbocycles. The molecule has 1 aromatic heterocycles. The van der Waals surface area contributed by atoms with E-state index in [9.17, 15) is 13.2 Å². The maximum atomic E-state index is 12.4. The van der Waals surface area contributed by atoms with E-state index in [1.165, 1.54) is 6.07 Å². The summed E-state index contributed by atoms with van der Waals surface area (Å²) < 4.78 is 29.6. The van der Waals surface area contributed by atoms with Gasteiger partial charge < -0.3 is 9.64 Å². The highest BCUT2D eigenvalue weighted by atomic mass is 32.2. The van der Waals surface area contributed by atoms with Crippen molar-refractivity contribution in [1.29, 1.82) is 0 Å². The van der Waals surface area contributed by atoms with Gasteiger partial charge >= 0.3 is 6.09 Å². The Hall–Kier alpha value is -1.61. The second kappa shape index (κ2) is 6.60. The number of hydrogen-bond donors (Lipinski definition) is 1. The number of amides is 1. The number of nitrogens with two attached hydrogens (primary N) is 1. The number of sulfonamides is 1. The standard InChI is InChI=1S/C16H28N4O4S/c1-15(2,3)24-14(21)20-11-12(10-16(20,4)5)6-8-19-9-7-13(18-19)25(17,22)23/h7,9,12H,6,8,10-11H2,1-5H3,(H2,17,22,23). The molecule has 1 aliphatic heterocycles. The molecule has 0 spiro atoms. The van der Waals surface area contributed by atoms with Gasteiger partial charge in [-0.15, -0.1) is 0 Å². The van der Waals surface area contributed by atoms with Gasteiger partial charge in [0, 0.05) is 24.8 Å². The van der Waals surface area contributed by atoms with Crippen LogP contribution in [0.5, 0.6) is 0 Å². The Bertz CT molecular complexity index is 734. The normalized spacial score (nSPS) is 20.7. The summed E-state index contributed by atoms with van der Waals surface area (Å²) in [4.78, 5) is 14.2. The predicted octanol–water partition coefficient (Wildman–Crippen LogP) is 1.96. The van der Waals surface area contributed by atoms with E-state index < -0.39 is 15.6 Å². The fraction of sp³-hybridized carbons (Fsp3) is 0.750. The fourth-order valence-electron chi connectivity index (χ4n) is 3.15. The Balaban J connectivity index is 1.96. The summed E-state index contributed by atoms with van der Waals surface area (Å²) in [7, 11) is -3.78. The van der Waals surface area contributed by atoms with Crippen molar-refractivity contribution >= 4 is 16.1 Å². The third-order valence-corrected chi connectivity index (χ3v) is 5.05. The van der Waals surface area contributed by atoms with Crippen LogP contribution >= 0.6 is 0 Å².